The summed E-state index contributed by atoms with van der Waals surface area (Å²) < 4.78 is 5.71. The Morgan fingerprint density at radius 3 is 2.69 bits per heavy atom. The number of rotatable bonds is 2. The number of hydrogen-bond donors (Lipinski definition) is 1. The maximum absolute atomic E-state index is 5.71. The van der Waals surface area contributed by atoms with E-state index in [1.807, 2.05) is 26.0 Å². The summed E-state index contributed by atoms with van der Waals surface area (Å²) in [5.74, 6) is 0.914. The highest BCUT2D eigenvalue weighted by molar-refractivity contribution is 5.28. The second-order valence-corrected chi connectivity index (χ2v) is 3.43. The zero-order valence-electron chi connectivity index (χ0n) is 8.00. The van der Waals surface area contributed by atoms with Crippen LogP contribution in [0.25, 0.3) is 0 Å². The van der Waals surface area contributed by atoms with Crippen molar-refractivity contribution in [1.82, 2.24) is 10.3 Å². The van der Waals surface area contributed by atoms with Gasteiger partial charge in [0.05, 0.1) is 5.69 Å². The van der Waals surface area contributed by atoms with Gasteiger partial charge >= 0.3 is 0 Å². The van der Waals surface area contributed by atoms with Crippen LogP contribution in [0.4, 0.5) is 0 Å². The summed E-state index contributed by atoms with van der Waals surface area (Å²) in [6.07, 6.45) is 0.336. The minimum absolute atomic E-state index is 0.336. The van der Waals surface area contributed by atoms with Gasteiger partial charge in [-0.2, -0.15) is 0 Å². The highest BCUT2D eigenvalue weighted by atomic mass is 16.5. The van der Waals surface area contributed by atoms with Crippen LogP contribution in [0.5, 0.6) is 5.75 Å². The van der Waals surface area contributed by atoms with Crippen LogP contribution >= 0.6 is 0 Å². The van der Waals surface area contributed by atoms with Gasteiger partial charge in [-0.15, -0.1) is 0 Å². The molecule has 0 saturated carbocycles. The topological polar surface area (TPSA) is 34.1 Å². The molecular formula is C10H14N2O. The standard InChI is InChI=1S/C10H14N2O/c1-7-3-4-10(8(2)12-7)13-9-5-11-6-9/h3-4,9,11H,5-6H2,1-2H3. The summed E-state index contributed by atoms with van der Waals surface area (Å²) in [7, 11) is 0. The molecule has 0 amide bonds. The number of nitrogens with zero attached hydrogens (tertiary/aromatic N) is 1. The zero-order chi connectivity index (χ0) is 9.26. The highest BCUT2D eigenvalue weighted by Crippen LogP contribution is 2.17. The molecule has 0 unspecified atom stereocenters. The maximum atomic E-state index is 5.71. The van der Waals surface area contributed by atoms with Gasteiger partial charge in [0, 0.05) is 18.8 Å². The molecule has 13 heavy (non-hydrogen) atoms. The molecule has 1 saturated heterocycles. The Balaban J connectivity index is 2.10. The van der Waals surface area contributed by atoms with Gasteiger partial charge in [-0.1, -0.05) is 0 Å². The zero-order valence-corrected chi connectivity index (χ0v) is 8.00. The van der Waals surface area contributed by atoms with Crippen LogP contribution in [-0.4, -0.2) is 24.2 Å². The predicted molar refractivity (Wildman–Crippen MR) is 51.0 cm³/mol. The first-order valence-corrected chi connectivity index (χ1v) is 4.57. The molecule has 2 rings (SSSR count). The van der Waals surface area contributed by atoms with E-state index < -0.39 is 0 Å². The van der Waals surface area contributed by atoms with E-state index in [0.717, 1.165) is 30.2 Å². The predicted octanol–water partition coefficient (Wildman–Crippen LogP) is 1.05. The normalized spacial score (nSPS) is 16.8. The van der Waals surface area contributed by atoms with E-state index in [1.165, 1.54) is 0 Å². The lowest BCUT2D eigenvalue weighted by Gasteiger charge is -2.28. The average Bonchev–Trinajstić information content (AvgIpc) is 1.99. The van der Waals surface area contributed by atoms with Crippen molar-refractivity contribution in [2.45, 2.75) is 20.0 Å². The van der Waals surface area contributed by atoms with Crippen molar-refractivity contribution in [2.75, 3.05) is 13.1 Å². The van der Waals surface area contributed by atoms with E-state index in [-0.39, 0.29) is 0 Å². The van der Waals surface area contributed by atoms with Crippen molar-refractivity contribution in [3.8, 4) is 5.75 Å². The first kappa shape index (κ1) is 8.51. The molecule has 0 bridgehead atoms. The molecule has 1 fully saturated rings. The number of pyridine rings is 1. The van der Waals surface area contributed by atoms with E-state index >= 15 is 0 Å². The smallest absolute Gasteiger partial charge is 0.141 e. The fourth-order valence-electron chi connectivity index (χ4n) is 1.32. The molecule has 70 valence electrons. The quantitative estimate of drug-likeness (QED) is 0.735. The Hall–Kier alpha value is -1.09. The summed E-state index contributed by atoms with van der Waals surface area (Å²) in [6, 6.07) is 3.98. The van der Waals surface area contributed by atoms with E-state index in [1.54, 1.807) is 0 Å². The fourth-order valence-corrected chi connectivity index (χ4v) is 1.32. The number of aryl methyl sites for hydroxylation is 2. The van der Waals surface area contributed by atoms with Crippen LogP contribution in [0.15, 0.2) is 12.1 Å². The minimum Gasteiger partial charge on any atom is -0.486 e. The fraction of sp³-hybridized carbons (Fsp3) is 0.500. The molecule has 1 aliphatic rings. The van der Waals surface area contributed by atoms with E-state index in [4.69, 9.17) is 4.74 Å². The van der Waals surface area contributed by atoms with Gasteiger partial charge in [0.2, 0.25) is 0 Å². The Labute approximate surface area is 78.1 Å². The first-order chi connectivity index (χ1) is 6.25. The Morgan fingerprint density at radius 1 is 1.38 bits per heavy atom. The number of ether oxygens (including phenoxy) is 1. The third-order valence-corrected chi connectivity index (χ3v) is 2.21. The molecule has 0 radical (unpaired) electrons. The first-order valence-electron chi connectivity index (χ1n) is 4.57. The molecule has 2 heterocycles. The number of nitrogens with one attached hydrogen (secondary N) is 1. The lowest BCUT2D eigenvalue weighted by Crippen LogP contribution is -2.50. The molecule has 3 heteroatoms. The molecule has 1 N–H and O–H groups in total. The molecule has 1 aromatic heterocycles. The van der Waals surface area contributed by atoms with Gasteiger partial charge in [-0.05, 0) is 26.0 Å². The second kappa shape index (κ2) is 3.34. The highest BCUT2D eigenvalue weighted by Gasteiger charge is 2.18. The molecular weight excluding hydrogens is 164 g/mol. The molecule has 1 aromatic rings. The van der Waals surface area contributed by atoms with Gasteiger partial charge in [-0.3, -0.25) is 4.98 Å². The van der Waals surface area contributed by atoms with Crippen LogP contribution in [-0.2, 0) is 0 Å². The molecule has 3 nitrogen and oxygen atoms in total. The van der Waals surface area contributed by atoms with Crippen LogP contribution in [0.3, 0.4) is 0 Å². The van der Waals surface area contributed by atoms with Crippen molar-refractivity contribution in [2.24, 2.45) is 0 Å². The largest absolute Gasteiger partial charge is 0.486 e. The monoisotopic (exact) mass is 178 g/mol. The van der Waals surface area contributed by atoms with Crippen molar-refractivity contribution in [1.29, 1.82) is 0 Å². The van der Waals surface area contributed by atoms with Gasteiger partial charge < -0.3 is 10.1 Å². The maximum Gasteiger partial charge on any atom is 0.141 e. The summed E-state index contributed by atoms with van der Waals surface area (Å²) >= 11 is 0. The van der Waals surface area contributed by atoms with Crippen molar-refractivity contribution in [3.05, 3.63) is 23.5 Å². The van der Waals surface area contributed by atoms with Gasteiger partial charge in [-0.25, -0.2) is 0 Å². The van der Waals surface area contributed by atoms with Gasteiger partial charge in [0.15, 0.2) is 0 Å². The van der Waals surface area contributed by atoms with Crippen LogP contribution in [0, 0.1) is 13.8 Å². The Morgan fingerprint density at radius 2 is 2.15 bits per heavy atom. The van der Waals surface area contributed by atoms with Crippen LogP contribution < -0.4 is 10.1 Å². The molecule has 0 aromatic carbocycles. The van der Waals surface area contributed by atoms with E-state index in [9.17, 15) is 0 Å². The second-order valence-electron chi connectivity index (χ2n) is 3.43. The number of aromatic nitrogens is 1. The summed E-state index contributed by atoms with van der Waals surface area (Å²) in [4.78, 5) is 4.34. The SMILES string of the molecule is Cc1ccc(OC2CNC2)c(C)n1. The van der Waals surface area contributed by atoms with Crippen molar-refractivity contribution >= 4 is 0 Å². The van der Waals surface area contributed by atoms with Crippen molar-refractivity contribution < 1.29 is 4.74 Å². The Kier molecular flexibility index (Phi) is 2.19. The molecule has 1 aliphatic heterocycles. The van der Waals surface area contributed by atoms with Crippen LogP contribution in [0.2, 0.25) is 0 Å². The lowest BCUT2D eigenvalue weighted by atomic mass is 10.2. The number of hydrogen-bond acceptors (Lipinski definition) is 3. The third kappa shape index (κ3) is 1.80. The molecule has 0 atom stereocenters. The minimum atomic E-state index is 0.336. The average molecular weight is 178 g/mol. The summed E-state index contributed by atoms with van der Waals surface area (Å²) in [5, 5.41) is 3.17. The van der Waals surface area contributed by atoms with Gasteiger partial charge in [0.25, 0.3) is 0 Å². The van der Waals surface area contributed by atoms with Crippen LogP contribution in [0.1, 0.15) is 11.4 Å². The van der Waals surface area contributed by atoms with E-state index in [0.29, 0.717) is 6.10 Å². The molecule has 0 spiro atoms. The lowest BCUT2D eigenvalue weighted by molar-refractivity contribution is 0.140. The van der Waals surface area contributed by atoms with E-state index in [2.05, 4.69) is 10.3 Å². The summed E-state index contributed by atoms with van der Waals surface area (Å²) in [5.41, 5.74) is 2.02. The summed E-state index contributed by atoms with van der Waals surface area (Å²) in [6.45, 7) is 5.87. The third-order valence-electron chi connectivity index (χ3n) is 2.21. The van der Waals surface area contributed by atoms with Crippen molar-refractivity contribution in [3.63, 3.8) is 0 Å². The molecule has 0 aliphatic carbocycles. The Bertz CT molecular complexity index is 308. The van der Waals surface area contributed by atoms with Gasteiger partial charge in [0.1, 0.15) is 11.9 Å².